The van der Waals surface area contributed by atoms with Gasteiger partial charge in [0.25, 0.3) is 0 Å². The van der Waals surface area contributed by atoms with E-state index in [0.29, 0.717) is 6.42 Å². The maximum absolute atomic E-state index is 8.79. The second-order valence-corrected chi connectivity index (χ2v) is 6.19. The minimum atomic E-state index is 0.599. The Kier molecular flexibility index (Phi) is 10.9. The summed E-state index contributed by atoms with van der Waals surface area (Å²) in [7, 11) is 0. The molecule has 0 fully saturated rings. The molecule has 0 radical (unpaired) electrons. The van der Waals surface area contributed by atoms with Crippen molar-refractivity contribution in [3.05, 3.63) is 30.3 Å². The zero-order valence-electron chi connectivity index (χ0n) is 12.9. The Balaban J connectivity index is 2.20. The summed E-state index contributed by atoms with van der Waals surface area (Å²) in [6.07, 6.45) is 9.83. The fourth-order valence-corrected chi connectivity index (χ4v) is 2.87. The highest BCUT2D eigenvalue weighted by Crippen LogP contribution is 2.15. The smallest absolute Gasteiger partial charge is 0.0640 e. The lowest BCUT2D eigenvalue weighted by Crippen LogP contribution is -2.25. The number of para-hydroxylation sites is 1. The number of rotatable bonds is 12. The Hall–Kier alpha value is -1.01. The molecule has 0 unspecified atom stereocenters. The molecule has 1 rings (SSSR count). The van der Waals surface area contributed by atoms with Crippen molar-refractivity contribution in [2.75, 3.05) is 23.3 Å². The highest BCUT2D eigenvalue weighted by atomic mass is 79.9. The van der Waals surface area contributed by atoms with Crippen molar-refractivity contribution in [3.8, 4) is 6.07 Å². The topological polar surface area (TPSA) is 27.0 Å². The molecule has 2 nitrogen and oxygen atoms in total. The molecule has 0 aliphatic heterocycles. The molecule has 0 saturated heterocycles. The van der Waals surface area contributed by atoms with Gasteiger partial charge in [0.05, 0.1) is 12.5 Å². The van der Waals surface area contributed by atoms with Gasteiger partial charge in [0.15, 0.2) is 0 Å². The summed E-state index contributed by atoms with van der Waals surface area (Å²) in [5.41, 5.74) is 1.24. The van der Waals surface area contributed by atoms with Crippen LogP contribution in [-0.4, -0.2) is 18.4 Å². The molecule has 1 aromatic rings. The Bertz CT molecular complexity index is 386. The summed E-state index contributed by atoms with van der Waals surface area (Å²) in [5, 5.41) is 9.93. The second kappa shape index (κ2) is 12.7. The molecule has 0 aliphatic rings. The summed E-state index contributed by atoms with van der Waals surface area (Å²) in [6.45, 7) is 1.90. The monoisotopic (exact) mass is 350 g/mol. The van der Waals surface area contributed by atoms with Crippen molar-refractivity contribution in [2.24, 2.45) is 0 Å². The minimum absolute atomic E-state index is 0.599. The lowest BCUT2D eigenvalue weighted by Gasteiger charge is -2.23. The van der Waals surface area contributed by atoms with E-state index in [-0.39, 0.29) is 0 Å². The molecule has 116 valence electrons. The average Bonchev–Trinajstić information content (AvgIpc) is 2.53. The molecule has 21 heavy (non-hydrogen) atoms. The molecule has 0 bridgehead atoms. The molecule has 0 atom stereocenters. The van der Waals surface area contributed by atoms with E-state index < -0.39 is 0 Å². The maximum atomic E-state index is 8.79. The van der Waals surface area contributed by atoms with E-state index in [1.165, 1.54) is 50.6 Å². The summed E-state index contributed by atoms with van der Waals surface area (Å²) in [6, 6.07) is 12.7. The van der Waals surface area contributed by atoms with Gasteiger partial charge in [0, 0.05) is 24.1 Å². The van der Waals surface area contributed by atoms with Crippen molar-refractivity contribution < 1.29 is 0 Å². The number of anilines is 1. The van der Waals surface area contributed by atoms with E-state index in [4.69, 9.17) is 5.26 Å². The van der Waals surface area contributed by atoms with Crippen LogP contribution in [0.25, 0.3) is 0 Å². The third-order valence-electron chi connectivity index (χ3n) is 3.68. The molecule has 0 amide bonds. The first-order chi connectivity index (χ1) is 10.4. The van der Waals surface area contributed by atoms with Gasteiger partial charge in [0.1, 0.15) is 0 Å². The number of unbranched alkanes of at least 4 members (excludes halogenated alkanes) is 6. The highest BCUT2D eigenvalue weighted by molar-refractivity contribution is 9.09. The van der Waals surface area contributed by atoms with Gasteiger partial charge in [-0.05, 0) is 25.0 Å². The van der Waals surface area contributed by atoms with E-state index in [0.717, 1.165) is 18.4 Å². The third-order valence-corrected chi connectivity index (χ3v) is 4.24. The van der Waals surface area contributed by atoms with Gasteiger partial charge >= 0.3 is 0 Å². The number of alkyl halides is 1. The van der Waals surface area contributed by atoms with Crippen LogP contribution in [0.3, 0.4) is 0 Å². The van der Waals surface area contributed by atoms with Crippen molar-refractivity contribution >= 4 is 21.6 Å². The van der Waals surface area contributed by atoms with Gasteiger partial charge in [-0.2, -0.15) is 5.26 Å². The van der Waals surface area contributed by atoms with E-state index in [1.807, 2.05) is 6.07 Å². The van der Waals surface area contributed by atoms with Crippen molar-refractivity contribution in [2.45, 2.75) is 51.4 Å². The summed E-state index contributed by atoms with van der Waals surface area (Å²) in [4.78, 5) is 2.34. The average molecular weight is 351 g/mol. The van der Waals surface area contributed by atoms with E-state index in [9.17, 15) is 0 Å². The van der Waals surface area contributed by atoms with E-state index >= 15 is 0 Å². The van der Waals surface area contributed by atoms with Gasteiger partial charge in [-0.3, -0.25) is 0 Å². The standard InChI is InChI=1S/C18H27BrN2/c19-14-9-4-2-1-3-5-10-16-21(17-11-15-20)18-12-7-6-8-13-18/h6-8,12-13H,1-5,9-11,14,16-17H2. The molecule has 0 aromatic heterocycles. The van der Waals surface area contributed by atoms with Crippen LogP contribution >= 0.6 is 15.9 Å². The number of benzene rings is 1. The van der Waals surface area contributed by atoms with Gasteiger partial charge in [0.2, 0.25) is 0 Å². The SMILES string of the molecule is N#CCCN(CCCCCCCCCBr)c1ccccc1. The number of halogens is 1. The minimum Gasteiger partial charge on any atom is -0.371 e. The number of hydrogen-bond acceptors (Lipinski definition) is 2. The summed E-state index contributed by atoms with van der Waals surface area (Å²) < 4.78 is 0. The summed E-state index contributed by atoms with van der Waals surface area (Å²) >= 11 is 3.47. The number of nitrogens with zero attached hydrogens (tertiary/aromatic N) is 2. The fraction of sp³-hybridized carbons (Fsp3) is 0.611. The van der Waals surface area contributed by atoms with Crippen molar-refractivity contribution in [1.82, 2.24) is 0 Å². The first kappa shape index (κ1) is 18.0. The van der Waals surface area contributed by atoms with Gasteiger partial charge < -0.3 is 4.90 Å². The second-order valence-electron chi connectivity index (χ2n) is 5.39. The molecule has 0 saturated carbocycles. The molecule has 0 N–H and O–H groups in total. The van der Waals surface area contributed by atoms with Crippen LogP contribution in [-0.2, 0) is 0 Å². The zero-order chi connectivity index (χ0) is 15.2. The van der Waals surface area contributed by atoms with Crippen molar-refractivity contribution in [1.29, 1.82) is 5.26 Å². The molecule has 0 aliphatic carbocycles. The Morgan fingerprint density at radius 1 is 0.857 bits per heavy atom. The van der Waals surface area contributed by atoms with Crippen LogP contribution in [0.4, 0.5) is 5.69 Å². The van der Waals surface area contributed by atoms with Crippen LogP contribution in [0, 0.1) is 11.3 Å². The lowest BCUT2D eigenvalue weighted by atomic mass is 10.1. The predicted molar refractivity (Wildman–Crippen MR) is 95.0 cm³/mol. The highest BCUT2D eigenvalue weighted by Gasteiger charge is 2.05. The molecule has 0 spiro atoms. The molecular weight excluding hydrogens is 324 g/mol. The lowest BCUT2D eigenvalue weighted by molar-refractivity contribution is 0.585. The Morgan fingerprint density at radius 2 is 1.48 bits per heavy atom. The third kappa shape index (κ3) is 8.78. The first-order valence-corrected chi connectivity index (χ1v) is 9.23. The van der Waals surface area contributed by atoms with Crippen LogP contribution in [0.2, 0.25) is 0 Å². The Morgan fingerprint density at radius 3 is 2.10 bits per heavy atom. The normalized spacial score (nSPS) is 10.3. The fourth-order valence-electron chi connectivity index (χ4n) is 2.47. The molecule has 0 heterocycles. The largest absolute Gasteiger partial charge is 0.371 e. The molecule has 1 aromatic carbocycles. The van der Waals surface area contributed by atoms with Crippen LogP contribution < -0.4 is 4.90 Å². The number of nitriles is 1. The number of hydrogen-bond donors (Lipinski definition) is 0. The first-order valence-electron chi connectivity index (χ1n) is 8.11. The van der Waals surface area contributed by atoms with Crippen LogP contribution in [0.5, 0.6) is 0 Å². The van der Waals surface area contributed by atoms with Gasteiger partial charge in [-0.15, -0.1) is 0 Å². The van der Waals surface area contributed by atoms with E-state index in [2.05, 4.69) is 51.2 Å². The van der Waals surface area contributed by atoms with Crippen LogP contribution in [0.1, 0.15) is 51.4 Å². The van der Waals surface area contributed by atoms with Gasteiger partial charge in [-0.25, -0.2) is 0 Å². The zero-order valence-corrected chi connectivity index (χ0v) is 14.5. The quantitative estimate of drug-likeness (QED) is 0.366. The van der Waals surface area contributed by atoms with Crippen LogP contribution in [0.15, 0.2) is 30.3 Å². The summed E-state index contributed by atoms with van der Waals surface area (Å²) in [5.74, 6) is 0. The van der Waals surface area contributed by atoms with E-state index in [1.54, 1.807) is 0 Å². The predicted octanol–water partition coefficient (Wildman–Crippen LogP) is 5.53. The maximum Gasteiger partial charge on any atom is 0.0640 e. The molecule has 3 heteroatoms. The Labute approximate surface area is 138 Å². The molecular formula is C18H27BrN2. The van der Waals surface area contributed by atoms with Crippen molar-refractivity contribution in [3.63, 3.8) is 0 Å². The van der Waals surface area contributed by atoms with Gasteiger partial charge in [-0.1, -0.05) is 66.2 Å².